The minimum atomic E-state index is -0.173. The van der Waals surface area contributed by atoms with Crippen molar-refractivity contribution in [3.8, 4) is 0 Å². The van der Waals surface area contributed by atoms with Crippen LogP contribution in [0.5, 0.6) is 0 Å². The topological polar surface area (TPSA) is 52.6 Å². The molecule has 0 rings (SSSR count). The fourth-order valence-electron chi connectivity index (χ4n) is 1.52. The van der Waals surface area contributed by atoms with Crippen LogP contribution in [0.15, 0.2) is 25.3 Å². The summed E-state index contributed by atoms with van der Waals surface area (Å²) in [4.78, 5) is 22.3. The number of hydrogen-bond acceptors (Lipinski definition) is 4. The monoisotopic (exact) mass is 268 g/mol. The summed E-state index contributed by atoms with van der Waals surface area (Å²) in [5, 5.41) is 0. The van der Waals surface area contributed by atoms with Gasteiger partial charge in [-0.1, -0.05) is 44.6 Å². The highest BCUT2D eigenvalue weighted by molar-refractivity contribution is 5.69. The lowest BCUT2D eigenvalue weighted by atomic mass is 10.1. The molecule has 0 aliphatic heterocycles. The van der Waals surface area contributed by atoms with Gasteiger partial charge in [-0.25, -0.2) is 0 Å². The molecule has 0 aliphatic rings. The average molecular weight is 268 g/mol. The lowest BCUT2D eigenvalue weighted by Crippen LogP contribution is -2.04. The molecule has 0 spiro atoms. The van der Waals surface area contributed by atoms with Crippen molar-refractivity contribution in [2.45, 2.75) is 44.9 Å². The van der Waals surface area contributed by atoms with Crippen LogP contribution in [0.4, 0.5) is 0 Å². The van der Waals surface area contributed by atoms with E-state index in [-0.39, 0.29) is 25.2 Å². The minimum Gasteiger partial charge on any atom is -0.461 e. The average Bonchev–Trinajstić information content (AvgIpc) is 2.41. The maximum atomic E-state index is 11.1. The van der Waals surface area contributed by atoms with Crippen molar-refractivity contribution in [1.82, 2.24) is 0 Å². The second-order valence-electron chi connectivity index (χ2n) is 4.21. The molecule has 0 saturated heterocycles. The number of unbranched alkanes of at least 4 members (excludes halogenated alkanes) is 4. The number of esters is 2. The molecule has 0 aromatic heterocycles. The van der Waals surface area contributed by atoms with Gasteiger partial charge >= 0.3 is 11.9 Å². The van der Waals surface area contributed by atoms with Gasteiger partial charge in [0.15, 0.2) is 0 Å². The van der Waals surface area contributed by atoms with Crippen molar-refractivity contribution in [2.75, 3.05) is 13.2 Å². The molecule has 0 saturated carbocycles. The van der Waals surface area contributed by atoms with Gasteiger partial charge in [-0.2, -0.15) is 0 Å². The standard InChI is InChI=1S/C15H24O4/c1-3-12-18-14(16)10-8-6-5-7-9-11-15(17)19-13-4-2/h3-4H,1-2,5-13H2. The largest absolute Gasteiger partial charge is 0.461 e. The van der Waals surface area contributed by atoms with Gasteiger partial charge in [0.05, 0.1) is 0 Å². The molecule has 0 aromatic carbocycles. The van der Waals surface area contributed by atoms with Crippen LogP contribution < -0.4 is 0 Å². The molecular formula is C15H24O4. The molecule has 0 bridgehead atoms. The van der Waals surface area contributed by atoms with Crippen LogP contribution in [-0.2, 0) is 19.1 Å². The fraction of sp³-hybridized carbons (Fsp3) is 0.600. The molecular weight excluding hydrogens is 244 g/mol. The highest BCUT2D eigenvalue weighted by atomic mass is 16.5. The Morgan fingerprint density at radius 3 is 1.47 bits per heavy atom. The Morgan fingerprint density at radius 1 is 0.737 bits per heavy atom. The van der Waals surface area contributed by atoms with Crippen molar-refractivity contribution in [2.24, 2.45) is 0 Å². The maximum absolute atomic E-state index is 11.1. The molecule has 0 fully saturated rings. The normalized spacial score (nSPS) is 9.68. The molecule has 0 heterocycles. The van der Waals surface area contributed by atoms with Gasteiger partial charge in [0, 0.05) is 12.8 Å². The van der Waals surface area contributed by atoms with Crippen LogP contribution in [0, 0.1) is 0 Å². The molecule has 4 heteroatoms. The molecule has 19 heavy (non-hydrogen) atoms. The quantitative estimate of drug-likeness (QED) is 0.310. The van der Waals surface area contributed by atoms with Crippen LogP contribution in [0.3, 0.4) is 0 Å². The van der Waals surface area contributed by atoms with Crippen molar-refractivity contribution in [3.63, 3.8) is 0 Å². The van der Waals surface area contributed by atoms with Crippen LogP contribution in [0.2, 0.25) is 0 Å². The van der Waals surface area contributed by atoms with Crippen LogP contribution in [0.25, 0.3) is 0 Å². The third-order valence-corrected chi connectivity index (χ3v) is 2.49. The maximum Gasteiger partial charge on any atom is 0.306 e. The van der Waals surface area contributed by atoms with Crippen molar-refractivity contribution >= 4 is 11.9 Å². The minimum absolute atomic E-state index is 0.173. The Kier molecular flexibility index (Phi) is 11.8. The smallest absolute Gasteiger partial charge is 0.306 e. The van der Waals surface area contributed by atoms with E-state index in [1.165, 1.54) is 0 Å². The summed E-state index contributed by atoms with van der Waals surface area (Å²) in [6.45, 7) is 7.52. The van der Waals surface area contributed by atoms with Gasteiger partial charge in [0.25, 0.3) is 0 Å². The fourth-order valence-corrected chi connectivity index (χ4v) is 1.52. The predicted molar refractivity (Wildman–Crippen MR) is 74.6 cm³/mol. The molecule has 0 radical (unpaired) electrons. The second kappa shape index (κ2) is 12.9. The van der Waals surface area contributed by atoms with Gasteiger partial charge in [-0.3, -0.25) is 9.59 Å². The first-order valence-electron chi connectivity index (χ1n) is 6.73. The van der Waals surface area contributed by atoms with E-state index in [4.69, 9.17) is 9.47 Å². The summed E-state index contributed by atoms with van der Waals surface area (Å²) >= 11 is 0. The summed E-state index contributed by atoms with van der Waals surface area (Å²) < 4.78 is 9.72. The second-order valence-corrected chi connectivity index (χ2v) is 4.21. The molecule has 0 amide bonds. The van der Waals surface area contributed by atoms with Crippen molar-refractivity contribution < 1.29 is 19.1 Å². The van der Waals surface area contributed by atoms with Crippen molar-refractivity contribution in [1.29, 1.82) is 0 Å². The summed E-state index contributed by atoms with van der Waals surface area (Å²) in [6.07, 6.45) is 8.66. The van der Waals surface area contributed by atoms with Gasteiger partial charge < -0.3 is 9.47 Å². The molecule has 0 unspecified atom stereocenters. The van der Waals surface area contributed by atoms with E-state index in [1.54, 1.807) is 12.2 Å². The lowest BCUT2D eigenvalue weighted by Gasteiger charge is -2.03. The van der Waals surface area contributed by atoms with Gasteiger partial charge in [0.2, 0.25) is 0 Å². The first-order valence-corrected chi connectivity index (χ1v) is 6.73. The molecule has 0 N–H and O–H groups in total. The zero-order valence-electron chi connectivity index (χ0n) is 11.6. The Labute approximate surface area is 115 Å². The molecule has 0 aliphatic carbocycles. The van der Waals surface area contributed by atoms with E-state index in [9.17, 15) is 9.59 Å². The van der Waals surface area contributed by atoms with E-state index in [2.05, 4.69) is 13.2 Å². The van der Waals surface area contributed by atoms with Crippen LogP contribution >= 0.6 is 0 Å². The Hall–Kier alpha value is -1.58. The zero-order valence-corrected chi connectivity index (χ0v) is 11.6. The summed E-state index contributed by atoms with van der Waals surface area (Å²) in [7, 11) is 0. The number of rotatable bonds is 12. The van der Waals surface area contributed by atoms with E-state index in [1.807, 2.05) is 0 Å². The highest BCUT2D eigenvalue weighted by Gasteiger charge is 2.03. The summed E-state index contributed by atoms with van der Waals surface area (Å²) in [5.41, 5.74) is 0. The molecule has 0 atom stereocenters. The highest BCUT2D eigenvalue weighted by Crippen LogP contribution is 2.08. The van der Waals surface area contributed by atoms with Crippen molar-refractivity contribution in [3.05, 3.63) is 25.3 Å². The first kappa shape index (κ1) is 17.4. The first-order chi connectivity index (χ1) is 9.20. The summed E-state index contributed by atoms with van der Waals surface area (Å²) in [6, 6.07) is 0. The number of carbonyl (C=O) groups is 2. The Morgan fingerprint density at radius 2 is 1.11 bits per heavy atom. The molecule has 0 aromatic rings. The number of carbonyl (C=O) groups excluding carboxylic acids is 2. The van der Waals surface area contributed by atoms with E-state index < -0.39 is 0 Å². The van der Waals surface area contributed by atoms with Gasteiger partial charge in [-0.15, -0.1) is 0 Å². The van der Waals surface area contributed by atoms with Crippen LogP contribution in [0.1, 0.15) is 44.9 Å². The Bertz CT molecular complexity index is 256. The van der Waals surface area contributed by atoms with Gasteiger partial charge in [-0.05, 0) is 12.8 Å². The third kappa shape index (κ3) is 12.7. The number of ether oxygens (including phenoxy) is 2. The third-order valence-electron chi connectivity index (χ3n) is 2.49. The predicted octanol–water partition coefficient (Wildman–Crippen LogP) is 3.18. The zero-order chi connectivity index (χ0) is 14.3. The SMILES string of the molecule is C=CCOC(=O)CCCCCCCC(=O)OCC=C. The summed E-state index contributed by atoms with van der Waals surface area (Å²) in [5.74, 6) is -0.346. The molecule has 108 valence electrons. The van der Waals surface area contributed by atoms with Crippen LogP contribution in [-0.4, -0.2) is 25.2 Å². The Balaban J connectivity index is 3.26. The van der Waals surface area contributed by atoms with E-state index in [0.29, 0.717) is 12.8 Å². The van der Waals surface area contributed by atoms with Gasteiger partial charge in [0.1, 0.15) is 13.2 Å². The number of hydrogen-bond donors (Lipinski definition) is 0. The molecule has 4 nitrogen and oxygen atoms in total. The van der Waals surface area contributed by atoms with E-state index in [0.717, 1.165) is 32.1 Å². The lowest BCUT2D eigenvalue weighted by molar-refractivity contribution is -0.143. The van der Waals surface area contributed by atoms with E-state index >= 15 is 0 Å².